The third-order valence-corrected chi connectivity index (χ3v) is 2.08. The van der Waals surface area contributed by atoms with E-state index in [0.29, 0.717) is 0 Å². The van der Waals surface area contributed by atoms with Crippen LogP contribution in [0, 0.1) is 5.92 Å². The van der Waals surface area contributed by atoms with E-state index in [1.54, 1.807) is 0 Å². The van der Waals surface area contributed by atoms with Crippen molar-refractivity contribution in [2.24, 2.45) is 5.92 Å². The van der Waals surface area contributed by atoms with E-state index in [9.17, 15) is 0 Å². The van der Waals surface area contributed by atoms with Crippen LogP contribution in [0.2, 0.25) is 0 Å². The van der Waals surface area contributed by atoms with Gasteiger partial charge in [0.25, 0.3) is 0 Å². The summed E-state index contributed by atoms with van der Waals surface area (Å²) in [5.74, 6) is 2.07. The molecule has 1 rings (SSSR count). The lowest BCUT2D eigenvalue weighted by molar-refractivity contribution is 0.538. The van der Waals surface area contributed by atoms with E-state index in [4.69, 9.17) is 0 Å². The Bertz CT molecular complexity index is 150. The summed E-state index contributed by atoms with van der Waals surface area (Å²) in [6.07, 6.45) is 6.00. The summed E-state index contributed by atoms with van der Waals surface area (Å²) >= 11 is 0. The Kier molecular flexibility index (Phi) is 3.98. The molecule has 0 saturated carbocycles. The number of nitrogens with one attached hydrogen (secondary N) is 2. The summed E-state index contributed by atoms with van der Waals surface area (Å²) in [7, 11) is 0. The summed E-state index contributed by atoms with van der Waals surface area (Å²) in [5, 5.41) is 6.68. The average Bonchev–Trinajstić information content (AvgIpc) is 2.49. The normalized spacial score (nSPS) is 16.1. The van der Waals surface area contributed by atoms with Crippen molar-refractivity contribution in [3.8, 4) is 0 Å². The molecule has 1 aliphatic rings. The molecule has 0 aromatic rings. The molecule has 0 aromatic heterocycles. The fourth-order valence-corrected chi connectivity index (χ4v) is 1.36. The third-order valence-electron chi connectivity index (χ3n) is 2.08. The first-order valence-corrected chi connectivity index (χ1v) is 4.97. The molecule has 0 bridgehead atoms. The van der Waals surface area contributed by atoms with Crippen molar-refractivity contribution in [3.63, 3.8) is 0 Å². The SMILES string of the molecule is CC(C)CCCNC1=CCCN1. The minimum atomic E-state index is 0.831. The van der Waals surface area contributed by atoms with Crippen LogP contribution in [-0.4, -0.2) is 13.1 Å². The molecule has 2 heteroatoms. The lowest BCUT2D eigenvalue weighted by Gasteiger charge is -2.08. The van der Waals surface area contributed by atoms with Gasteiger partial charge in [-0.3, -0.25) is 0 Å². The zero-order valence-electron chi connectivity index (χ0n) is 8.19. The van der Waals surface area contributed by atoms with Crippen molar-refractivity contribution in [1.82, 2.24) is 10.6 Å². The molecule has 1 heterocycles. The Hall–Kier alpha value is -0.660. The van der Waals surface area contributed by atoms with E-state index in [1.807, 2.05) is 0 Å². The van der Waals surface area contributed by atoms with Gasteiger partial charge in [-0.15, -0.1) is 0 Å². The molecule has 0 aromatic carbocycles. The number of hydrogen-bond acceptors (Lipinski definition) is 2. The van der Waals surface area contributed by atoms with Crippen molar-refractivity contribution >= 4 is 0 Å². The van der Waals surface area contributed by atoms with Crippen LogP contribution in [-0.2, 0) is 0 Å². The van der Waals surface area contributed by atoms with Crippen LogP contribution < -0.4 is 10.6 Å². The Morgan fingerprint density at radius 3 is 3.00 bits per heavy atom. The molecule has 0 saturated heterocycles. The first kappa shape index (κ1) is 9.43. The maximum Gasteiger partial charge on any atom is 0.0946 e. The second-order valence-electron chi connectivity index (χ2n) is 3.80. The molecule has 0 fully saturated rings. The minimum absolute atomic E-state index is 0.831. The zero-order chi connectivity index (χ0) is 8.81. The van der Waals surface area contributed by atoms with E-state index in [-0.39, 0.29) is 0 Å². The monoisotopic (exact) mass is 168 g/mol. The fourth-order valence-electron chi connectivity index (χ4n) is 1.36. The lowest BCUT2D eigenvalue weighted by Crippen LogP contribution is -2.23. The smallest absolute Gasteiger partial charge is 0.0946 e. The van der Waals surface area contributed by atoms with Gasteiger partial charge in [-0.1, -0.05) is 13.8 Å². The molecule has 2 N–H and O–H groups in total. The minimum Gasteiger partial charge on any atom is -0.372 e. The first-order valence-electron chi connectivity index (χ1n) is 4.97. The Labute approximate surface area is 75.4 Å². The highest BCUT2D eigenvalue weighted by molar-refractivity contribution is 5.02. The zero-order valence-corrected chi connectivity index (χ0v) is 8.19. The van der Waals surface area contributed by atoms with E-state index < -0.39 is 0 Å². The first-order chi connectivity index (χ1) is 5.79. The van der Waals surface area contributed by atoms with Gasteiger partial charge >= 0.3 is 0 Å². The van der Waals surface area contributed by atoms with Crippen molar-refractivity contribution in [1.29, 1.82) is 0 Å². The van der Waals surface area contributed by atoms with Gasteiger partial charge in [0, 0.05) is 13.1 Å². The molecule has 12 heavy (non-hydrogen) atoms. The van der Waals surface area contributed by atoms with Crippen LogP contribution in [0.4, 0.5) is 0 Å². The highest BCUT2D eigenvalue weighted by Crippen LogP contribution is 2.03. The van der Waals surface area contributed by atoms with Gasteiger partial charge in [0.05, 0.1) is 5.82 Å². The van der Waals surface area contributed by atoms with Crippen LogP contribution in [0.15, 0.2) is 11.9 Å². The standard InChI is InChI=1S/C10H20N2/c1-9(2)5-3-7-11-10-6-4-8-12-10/h6,9,11-12H,3-5,7-8H2,1-2H3. The summed E-state index contributed by atoms with van der Waals surface area (Å²) in [6, 6.07) is 0. The van der Waals surface area contributed by atoms with Crippen LogP contribution >= 0.6 is 0 Å². The maximum absolute atomic E-state index is 3.39. The van der Waals surface area contributed by atoms with Gasteiger partial charge in [-0.2, -0.15) is 0 Å². The highest BCUT2D eigenvalue weighted by Gasteiger charge is 2.00. The number of rotatable bonds is 5. The second-order valence-corrected chi connectivity index (χ2v) is 3.80. The second kappa shape index (κ2) is 5.07. The van der Waals surface area contributed by atoms with E-state index in [0.717, 1.165) is 19.0 Å². The van der Waals surface area contributed by atoms with Crippen LogP contribution in [0.1, 0.15) is 33.1 Å². The third kappa shape index (κ3) is 3.65. The van der Waals surface area contributed by atoms with E-state index in [2.05, 4.69) is 30.6 Å². The average molecular weight is 168 g/mol. The quantitative estimate of drug-likeness (QED) is 0.612. The summed E-state index contributed by atoms with van der Waals surface area (Å²) in [5.41, 5.74) is 0. The van der Waals surface area contributed by atoms with Gasteiger partial charge in [-0.25, -0.2) is 0 Å². The molecule has 0 spiro atoms. The van der Waals surface area contributed by atoms with Gasteiger partial charge in [0.2, 0.25) is 0 Å². The summed E-state index contributed by atoms with van der Waals surface area (Å²) in [6.45, 7) is 6.75. The van der Waals surface area contributed by atoms with Gasteiger partial charge in [0.1, 0.15) is 0 Å². The molecule has 0 unspecified atom stereocenters. The van der Waals surface area contributed by atoms with Crippen LogP contribution in [0.3, 0.4) is 0 Å². The van der Waals surface area contributed by atoms with Crippen LogP contribution in [0.25, 0.3) is 0 Å². The van der Waals surface area contributed by atoms with Crippen molar-refractivity contribution in [2.45, 2.75) is 33.1 Å². The largest absolute Gasteiger partial charge is 0.372 e. The Morgan fingerprint density at radius 1 is 1.58 bits per heavy atom. The fraction of sp³-hybridized carbons (Fsp3) is 0.800. The Morgan fingerprint density at radius 2 is 2.42 bits per heavy atom. The van der Waals surface area contributed by atoms with Gasteiger partial charge in [0.15, 0.2) is 0 Å². The molecule has 1 aliphatic heterocycles. The summed E-state index contributed by atoms with van der Waals surface area (Å²) in [4.78, 5) is 0. The van der Waals surface area contributed by atoms with Crippen molar-refractivity contribution < 1.29 is 0 Å². The molecule has 0 amide bonds. The molecule has 0 aliphatic carbocycles. The predicted octanol–water partition coefficient (Wildman–Crippen LogP) is 1.85. The van der Waals surface area contributed by atoms with Gasteiger partial charge in [-0.05, 0) is 31.3 Å². The molecular formula is C10H20N2. The molecule has 0 radical (unpaired) electrons. The molecule has 0 atom stereocenters. The maximum atomic E-state index is 3.39. The molecule has 2 nitrogen and oxygen atoms in total. The van der Waals surface area contributed by atoms with Crippen LogP contribution in [0.5, 0.6) is 0 Å². The van der Waals surface area contributed by atoms with Gasteiger partial charge < -0.3 is 10.6 Å². The number of hydrogen-bond donors (Lipinski definition) is 2. The lowest BCUT2D eigenvalue weighted by atomic mass is 10.1. The van der Waals surface area contributed by atoms with E-state index in [1.165, 1.54) is 25.1 Å². The highest BCUT2D eigenvalue weighted by atomic mass is 15.1. The van der Waals surface area contributed by atoms with Crippen molar-refractivity contribution in [3.05, 3.63) is 11.9 Å². The molecular weight excluding hydrogens is 148 g/mol. The summed E-state index contributed by atoms with van der Waals surface area (Å²) < 4.78 is 0. The topological polar surface area (TPSA) is 24.1 Å². The predicted molar refractivity (Wildman–Crippen MR) is 52.8 cm³/mol. The van der Waals surface area contributed by atoms with E-state index >= 15 is 0 Å². The van der Waals surface area contributed by atoms with Crippen molar-refractivity contribution in [2.75, 3.05) is 13.1 Å². The Balaban J connectivity index is 1.95. The molecule has 70 valence electrons.